The number of hydrogen-bond donors (Lipinski definition) is 1. The van der Waals surface area contributed by atoms with Gasteiger partial charge in [0.1, 0.15) is 5.01 Å². The molecule has 2 aromatic heterocycles. The van der Waals surface area contributed by atoms with E-state index in [-0.39, 0.29) is 6.04 Å². The van der Waals surface area contributed by atoms with Crippen LogP contribution in [0, 0.1) is 0 Å². The number of thiazole rings is 1. The topological polar surface area (TPSA) is 56.7 Å². The first-order chi connectivity index (χ1) is 8.65. The minimum absolute atomic E-state index is 0.131. The average molecular weight is 262 g/mol. The summed E-state index contributed by atoms with van der Waals surface area (Å²) in [5, 5.41) is 5.37. The number of aromatic nitrogens is 3. The largest absolute Gasteiger partial charge is 0.318 e. The molecule has 18 heavy (non-hydrogen) atoms. The number of hydrogen-bond acceptors (Lipinski definition) is 4. The molecule has 0 bridgehead atoms. The van der Waals surface area contributed by atoms with Crippen LogP contribution in [0.3, 0.4) is 0 Å². The maximum atomic E-state index is 6.29. The quantitative estimate of drug-likeness (QED) is 0.924. The molecule has 0 saturated heterocycles. The Kier molecular flexibility index (Phi) is 2.95. The molecule has 4 nitrogen and oxygen atoms in total. The Labute approximate surface area is 111 Å². The van der Waals surface area contributed by atoms with Crippen LogP contribution in [0.4, 0.5) is 0 Å². The summed E-state index contributed by atoms with van der Waals surface area (Å²) in [6.07, 6.45) is 7.42. The second-order valence-corrected chi connectivity index (χ2v) is 6.22. The fraction of sp³-hybridized carbons (Fsp3) is 0.538. The lowest BCUT2D eigenvalue weighted by atomic mass is 10.2. The van der Waals surface area contributed by atoms with Gasteiger partial charge < -0.3 is 5.73 Å². The van der Waals surface area contributed by atoms with Crippen molar-refractivity contribution in [2.24, 2.45) is 5.73 Å². The van der Waals surface area contributed by atoms with E-state index in [0.29, 0.717) is 6.04 Å². The molecule has 5 heteroatoms. The molecule has 1 aliphatic rings. The molecule has 3 rings (SSSR count). The predicted molar refractivity (Wildman–Crippen MR) is 72.8 cm³/mol. The van der Waals surface area contributed by atoms with Crippen LogP contribution >= 0.6 is 11.3 Å². The van der Waals surface area contributed by atoms with Crippen LogP contribution in [-0.2, 0) is 12.8 Å². The van der Waals surface area contributed by atoms with Gasteiger partial charge in [0, 0.05) is 22.7 Å². The van der Waals surface area contributed by atoms with Crippen LogP contribution in [0.2, 0.25) is 0 Å². The van der Waals surface area contributed by atoms with Crippen molar-refractivity contribution in [1.82, 2.24) is 14.8 Å². The summed E-state index contributed by atoms with van der Waals surface area (Å²) in [4.78, 5) is 6.11. The molecule has 0 amide bonds. The van der Waals surface area contributed by atoms with Gasteiger partial charge in [-0.25, -0.2) is 4.98 Å². The fourth-order valence-electron chi connectivity index (χ4n) is 2.28. The zero-order valence-corrected chi connectivity index (χ0v) is 11.6. The lowest BCUT2D eigenvalue weighted by Gasteiger charge is -2.06. The lowest BCUT2D eigenvalue weighted by molar-refractivity contribution is 0.532. The van der Waals surface area contributed by atoms with Crippen LogP contribution in [0.1, 0.15) is 53.5 Å². The highest BCUT2D eigenvalue weighted by atomic mass is 32.1. The average Bonchev–Trinajstić information content (AvgIpc) is 3.02. The van der Waals surface area contributed by atoms with E-state index in [4.69, 9.17) is 5.73 Å². The van der Waals surface area contributed by atoms with E-state index in [0.717, 1.165) is 17.0 Å². The molecular formula is C13H18N4S. The first-order valence-corrected chi connectivity index (χ1v) is 7.25. The highest BCUT2D eigenvalue weighted by molar-refractivity contribution is 7.11. The molecule has 1 unspecified atom stereocenters. The highest BCUT2D eigenvalue weighted by Gasteiger charge is 2.21. The Morgan fingerprint density at radius 3 is 2.89 bits per heavy atom. The Morgan fingerprint density at radius 2 is 2.22 bits per heavy atom. The molecule has 2 N–H and O–H groups in total. The molecule has 0 aliphatic heterocycles. The summed E-state index contributed by atoms with van der Waals surface area (Å²) in [5.74, 6) is 0. The normalized spacial score (nSPS) is 16.2. The minimum atomic E-state index is -0.131. The number of nitrogens with zero attached hydrogens (tertiary/aromatic N) is 3. The molecule has 0 spiro atoms. The van der Waals surface area contributed by atoms with E-state index in [1.54, 1.807) is 11.3 Å². The third kappa shape index (κ3) is 1.97. The van der Waals surface area contributed by atoms with Gasteiger partial charge in [-0.3, -0.25) is 4.68 Å². The van der Waals surface area contributed by atoms with Crippen LogP contribution in [0.15, 0.2) is 12.4 Å². The minimum Gasteiger partial charge on any atom is -0.318 e. The van der Waals surface area contributed by atoms with Gasteiger partial charge in [0.05, 0.1) is 17.9 Å². The van der Waals surface area contributed by atoms with Crippen molar-refractivity contribution in [2.75, 3.05) is 0 Å². The van der Waals surface area contributed by atoms with Crippen LogP contribution in [0.25, 0.3) is 0 Å². The summed E-state index contributed by atoms with van der Waals surface area (Å²) in [6.45, 7) is 4.22. The monoisotopic (exact) mass is 262 g/mol. The second kappa shape index (κ2) is 4.48. The van der Waals surface area contributed by atoms with Gasteiger partial charge in [0.25, 0.3) is 0 Å². The van der Waals surface area contributed by atoms with Crippen molar-refractivity contribution in [2.45, 2.75) is 45.2 Å². The SMILES string of the molecule is CC(C)n1cc(C(N)c2nc3c(s2)CCC3)cn1. The Morgan fingerprint density at radius 1 is 1.39 bits per heavy atom. The molecular weight excluding hydrogens is 244 g/mol. The van der Waals surface area contributed by atoms with Crippen molar-refractivity contribution in [3.63, 3.8) is 0 Å². The standard InChI is InChI=1S/C13H18N4S/c1-8(2)17-7-9(6-15-17)12(14)13-16-10-4-3-5-11(10)18-13/h6-8,12H,3-5,14H2,1-2H3. The second-order valence-electron chi connectivity index (χ2n) is 5.10. The smallest absolute Gasteiger partial charge is 0.115 e. The van der Waals surface area contributed by atoms with Gasteiger partial charge in [0.2, 0.25) is 0 Å². The molecule has 2 aromatic rings. The molecule has 0 radical (unpaired) electrons. The molecule has 1 aliphatic carbocycles. The maximum Gasteiger partial charge on any atom is 0.115 e. The molecule has 96 valence electrons. The zero-order valence-electron chi connectivity index (χ0n) is 10.8. The molecule has 2 heterocycles. The number of fused-ring (bicyclic) bond motifs is 1. The van der Waals surface area contributed by atoms with Gasteiger partial charge in [0.15, 0.2) is 0 Å². The highest BCUT2D eigenvalue weighted by Crippen LogP contribution is 2.32. The Bertz CT molecular complexity index is 534. The first-order valence-electron chi connectivity index (χ1n) is 6.43. The summed E-state index contributed by atoms with van der Waals surface area (Å²) in [5.41, 5.74) is 8.60. The van der Waals surface area contributed by atoms with Crippen molar-refractivity contribution in [1.29, 1.82) is 0 Å². The molecule has 0 fully saturated rings. The van der Waals surface area contributed by atoms with E-state index in [1.807, 2.05) is 17.1 Å². The van der Waals surface area contributed by atoms with Gasteiger partial charge in [-0.1, -0.05) is 0 Å². The van der Waals surface area contributed by atoms with Gasteiger partial charge >= 0.3 is 0 Å². The van der Waals surface area contributed by atoms with Gasteiger partial charge in [-0.15, -0.1) is 11.3 Å². The van der Waals surface area contributed by atoms with Crippen molar-refractivity contribution < 1.29 is 0 Å². The van der Waals surface area contributed by atoms with Crippen LogP contribution in [0.5, 0.6) is 0 Å². The molecule has 0 aromatic carbocycles. The van der Waals surface area contributed by atoms with Crippen molar-refractivity contribution in [3.8, 4) is 0 Å². The fourth-order valence-corrected chi connectivity index (χ4v) is 3.46. The first kappa shape index (κ1) is 11.9. The van der Waals surface area contributed by atoms with E-state index < -0.39 is 0 Å². The summed E-state index contributed by atoms with van der Waals surface area (Å²) < 4.78 is 1.94. The molecule has 1 atom stereocenters. The summed E-state index contributed by atoms with van der Waals surface area (Å²) in [6, 6.07) is 0.236. The van der Waals surface area contributed by atoms with E-state index in [9.17, 15) is 0 Å². The van der Waals surface area contributed by atoms with Crippen molar-refractivity contribution in [3.05, 3.63) is 33.5 Å². The van der Waals surface area contributed by atoms with E-state index >= 15 is 0 Å². The molecule has 0 saturated carbocycles. The summed E-state index contributed by atoms with van der Waals surface area (Å²) >= 11 is 1.77. The van der Waals surface area contributed by atoms with E-state index in [2.05, 4.69) is 23.9 Å². The summed E-state index contributed by atoms with van der Waals surface area (Å²) in [7, 11) is 0. The van der Waals surface area contributed by atoms with Crippen LogP contribution in [-0.4, -0.2) is 14.8 Å². The number of aryl methyl sites for hydroxylation is 2. The lowest BCUT2D eigenvalue weighted by Crippen LogP contribution is -2.11. The number of rotatable bonds is 3. The van der Waals surface area contributed by atoms with Crippen molar-refractivity contribution >= 4 is 11.3 Å². The van der Waals surface area contributed by atoms with Gasteiger partial charge in [-0.2, -0.15) is 5.10 Å². The zero-order chi connectivity index (χ0) is 12.7. The third-order valence-electron chi connectivity index (χ3n) is 3.39. The van der Waals surface area contributed by atoms with E-state index in [1.165, 1.54) is 23.4 Å². The Balaban J connectivity index is 1.86. The predicted octanol–water partition coefficient (Wildman–Crippen LogP) is 2.46. The number of nitrogens with two attached hydrogens (primary N) is 1. The third-order valence-corrected chi connectivity index (χ3v) is 4.63. The van der Waals surface area contributed by atoms with Gasteiger partial charge in [-0.05, 0) is 33.1 Å². The maximum absolute atomic E-state index is 6.29. The Hall–Kier alpha value is -1.20. The van der Waals surface area contributed by atoms with Crippen LogP contribution < -0.4 is 5.73 Å².